The Morgan fingerprint density at radius 1 is 0.947 bits per heavy atom. The van der Waals surface area contributed by atoms with Gasteiger partial charge < -0.3 is 10.4 Å². The Morgan fingerprint density at radius 3 is 2.21 bits per heavy atom. The fourth-order valence-corrected chi connectivity index (χ4v) is 3.48. The van der Waals surface area contributed by atoms with Crippen LogP contribution in [-0.2, 0) is 0 Å². The first-order valence-electron chi connectivity index (χ1n) is 7.42. The third-order valence-electron chi connectivity index (χ3n) is 4.71. The van der Waals surface area contributed by atoms with Gasteiger partial charge in [-0.2, -0.15) is 13.2 Å². The summed E-state index contributed by atoms with van der Waals surface area (Å²) in [6, 6.07) is 0.371. The van der Waals surface area contributed by atoms with Crippen LogP contribution in [0.1, 0.15) is 51.4 Å². The number of aliphatic hydroxyl groups is 1. The largest absolute Gasteiger partial charge is 0.396 e. The van der Waals surface area contributed by atoms with Gasteiger partial charge in [0, 0.05) is 18.7 Å². The molecule has 112 valence electrons. The quantitative estimate of drug-likeness (QED) is 0.831. The highest BCUT2D eigenvalue weighted by Gasteiger charge is 2.42. The van der Waals surface area contributed by atoms with Gasteiger partial charge in [-0.25, -0.2) is 0 Å². The number of nitrogens with one attached hydrogen (secondary N) is 1. The Bertz CT molecular complexity index is 274. The van der Waals surface area contributed by atoms with E-state index in [1.165, 1.54) is 0 Å². The lowest BCUT2D eigenvalue weighted by Gasteiger charge is -2.36. The average Bonchev–Trinajstić information content (AvgIpc) is 2.39. The van der Waals surface area contributed by atoms with Crippen molar-refractivity contribution >= 4 is 0 Å². The molecule has 2 aliphatic rings. The summed E-state index contributed by atoms with van der Waals surface area (Å²) in [6.07, 6.45) is 1.99. The summed E-state index contributed by atoms with van der Waals surface area (Å²) < 4.78 is 38.2. The van der Waals surface area contributed by atoms with Crippen LogP contribution in [0.5, 0.6) is 0 Å². The molecule has 0 aromatic heterocycles. The SMILES string of the molecule is OCC1CCC(N[C@H]2CCC[C@@H](C(F)(F)F)C2)CC1. The molecular weight excluding hydrogens is 255 g/mol. The van der Waals surface area contributed by atoms with Gasteiger partial charge in [-0.1, -0.05) is 6.42 Å². The molecule has 2 saturated carbocycles. The van der Waals surface area contributed by atoms with Crippen molar-refractivity contribution in [1.29, 1.82) is 0 Å². The van der Waals surface area contributed by atoms with E-state index in [2.05, 4.69) is 5.32 Å². The molecule has 0 bridgehead atoms. The molecule has 0 heterocycles. The third-order valence-corrected chi connectivity index (χ3v) is 4.71. The molecular formula is C14H24F3NO. The molecule has 19 heavy (non-hydrogen) atoms. The van der Waals surface area contributed by atoms with E-state index in [9.17, 15) is 13.2 Å². The molecule has 5 heteroatoms. The highest BCUT2D eigenvalue weighted by Crippen LogP contribution is 2.38. The second-order valence-electron chi connectivity index (χ2n) is 6.17. The molecule has 0 saturated heterocycles. The van der Waals surface area contributed by atoms with Crippen molar-refractivity contribution in [3.8, 4) is 0 Å². The first-order chi connectivity index (χ1) is 8.99. The minimum atomic E-state index is -4.03. The van der Waals surface area contributed by atoms with Gasteiger partial charge in [0.1, 0.15) is 0 Å². The maximum Gasteiger partial charge on any atom is 0.391 e. The molecule has 0 amide bonds. The molecule has 2 N–H and O–H groups in total. The van der Waals surface area contributed by atoms with Gasteiger partial charge in [0.05, 0.1) is 5.92 Å². The van der Waals surface area contributed by atoms with Gasteiger partial charge in [0.25, 0.3) is 0 Å². The molecule has 2 atom stereocenters. The summed E-state index contributed by atoms with van der Waals surface area (Å²) in [4.78, 5) is 0. The highest BCUT2D eigenvalue weighted by molar-refractivity contribution is 4.86. The summed E-state index contributed by atoms with van der Waals surface area (Å²) in [5, 5.41) is 12.5. The third kappa shape index (κ3) is 4.35. The number of hydrogen-bond acceptors (Lipinski definition) is 2. The lowest BCUT2D eigenvalue weighted by atomic mass is 9.82. The van der Waals surface area contributed by atoms with Crippen LogP contribution in [0.15, 0.2) is 0 Å². The summed E-state index contributed by atoms with van der Waals surface area (Å²) in [6.45, 7) is 0.242. The highest BCUT2D eigenvalue weighted by atomic mass is 19.4. The van der Waals surface area contributed by atoms with Gasteiger partial charge in [0.15, 0.2) is 0 Å². The van der Waals surface area contributed by atoms with Crippen molar-refractivity contribution in [2.45, 2.75) is 69.6 Å². The van der Waals surface area contributed by atoms with Crippen LogP contribution in [0.2, 0.25) is 0 Å². The van der Waals surface area contributed by atoms with E-state index in [1.807, 2.05) is 0 Å². The van der Waals surface area contributed by atoms with Crippen LogP contribution in [-0.4, -0.2) is 30.0 Å². The Balaban J connectivity index is 1.77. The van der Waals surface area contributed by atoms with Crippen molar-refractivity contribution in [1.82, 2.24) is 5.32 Å². The van der Waals surface area contributed by atoms with E-state index in [-0.39, 0.29) is 19.1 Å². The molecule has 0 radical (unpaired) electrons. The van der Waals surface area contributed by atoms with E-state index in [4.69, 9.17) is 5.11 Å². The van der Waals surface area contributed by atoms with Crippen LogP contribution < -0.4 is 5.32 Å². The van der Waals surface area contributed by atoms with Crippen LogP contribution >= 0.6 is 0 Å². The first-order valence-corrected chi connectivity index (χ1v) is 7.42. The van der Waals surface area contributed by atoms with E-state index in [1.54, 1.807) is 0 Å². The van der Waals surface area contributed by atoms with Gasteiger partial charge in [0.2, 0.25) is 0 Å². The Hall–Kier alpha value is -0.290. The second kappa shape index (κ2) is 6.44. The van der Waals surface area contributed by atoms with Crippen molar-refractivity contribution in [2.75, 3.05) is 6.61 Å². The topological polar surface area (TPSA) is 32.3 Å². The van der Waals surface area contributed by atoms with Crippen LogP contribution in [0.3, 0.4) is 0 Å². The second-order valence-corrected chi connectivity index (χ2v) is 6.17. The van der Waals surface area contributed by atoms with Crippen LogP contribution in [0.25, 0.3) is 0 Å². The maximum absolute atomic E-state index is 12.7. The Kier molecular flexibility index (Phi) is 5.12. The number of alkyl halides is 3. The molecule has 2 fully saturated rings. The van der Waals surface area contributed by atoms with Crippen LogP contribution in [0, 0.1) is 11.8 Å². The van der Waals surface area contributed by atoms with Crippen molar-refractivity contribution < 1.29 is 18.3 Å². The molecule has 0 spiro atoms. The minimum absolute atomic E-state index is 0.0241. The summed E-state index contributed by atoms with van der Waals surface area (Å²) in [5.41, 5.74) is 0. The van der Waals surface area contributed by atoms with E-state index in [0.717, 1.165) is 32.1 Å². The Morgan fingerprint density at radius 2 is 1.63 bits per heavy atom. The summed E-state index contributed by atoms with van der Waals surface area (Å²) >= 11 is 0. The lowest BCUT2D eigenvalue weighted by Crippen LogP contribution is -2.45. The normalized spacial score (nSPS) is 37.3. The van der Waals surface area contributed by atoms with E-state index < -0.39 is 12.1 Å². The number of aliphatic hydroxyl groups excluding tert-OH is 1. The van der Waals surface area contributed by atoms with Crippen molar-refractivity contribution in [3.63, 3.8) is 0 Å². The number of rotatable bonds is 3. The molecule has 0 aromatic carbocycles. The zero-order chi connectivity index (χ0) is 13.9. The van der Waals surface area contributed by atoms with E-state index in [0.29, 0.717) is 24.8 Å². The molecule has 2 nitrogen and oxygen atoms in total. The maximum atomic E-state index is 12.7. The lowest BCUT2D eigenvalue weighted by molar-refractivity contribution is -0.184. The zero-order valence-corrected chi connectivity index (χ0v) is 11.3. The molecule has 0 aromatic rings. The predicted octanol–water partition coefficient (Wildman–Crippen LogP) is 3.25. The fourth-order valence-electron chi connectivity index (χ4n) is 3.48. The predicted molar refractivity (Wildman–Crippen MR) is 67.8 cm³/mol. The van der Waals surface area contributed by atoms with Crippen molar-refractivity contribution in [3.05, 3.63) is 0 Å². The van der Waals surface area contributed by atoms with Crippen LogP contribution in [0.4, 0.5) is 13.2 Å². The summed E-state index contributed by atoms with van der Waals surface area (Å²) in [5.74, 6) is -0.722. The smallest absolute Gasteiger partial charge is 0.391 e. The average molecular weight is 279 g/mol. The van der Waals surface area contributed by atoms with Gasteiger partial charge in [-0.05, 0) is 50.9 Å². The number of hydrogen-bond donors (Lipinski definition) is 2. The number of halogens is 3. The van der Waals surface area contributed by atoms with Gasteiger partial charge in [-0.15, -0.1) is 0 Å². The molecule has 2 rings (SSSR count). The fraction of sp³-hybridized carbons (Fsp3) is 1.00. The molecule has 0 unspecified atom stereocenters. The minimum Gasteiger partial charge on any atom is -0.396 e. The standard InChI is InChI=1S/C14H24F3NO/c15-14(16,17)11-2-1-3-13(8-11)18-12-6-4-10(9-19)5-7-12/h10-13,18-19H,1-9H2/t10?,11-,12?,13+/m1/s1. The van der Waals surface area contributed by atoms with E-state index >= 15 is 0 Å². The van der Waals surface area contributed by atoms with Crippen molar-refractivity contribution in [2.24, 2.45) is 11.8 Å². The van der Waals surface area contributed by atoms with Gasteiger partial charge in [-0.3, -0.25) is 0 Å². The molecule has 0 aliphatic heterocycles. The Labute approximate surface area is 112 Å². The zero-order valence-electron chi connectivity index (χ0n) is 11.3. The summed E-state index contributed by atoms with van der Waals surface area (Å²) in [7, 11) is 0. The molecule has 2 aliphatic carbocycles. The van der Waals surface area contributed by atoms with Gasteiger partial charge >= 0.3 is 6.18 Å². The monoisotopic (exact) mass is 279 g/mol. The first kappa shape index (κ1) is 15.1.